The fourth-order valence-electron chi connectivity index (χ4n) is 1.52. The van der Waals surface area contributed by atoms with Crippen LogP contribution in [0.5, 0.6) is 0 Å². The molecule has 8 heteroatoms. The minimum Gasteiger partial charge on any atom is -0.276 e. The minimum absolute atomic E-state index is 0.00674. The Hall–Kier alpha value is -0.630. The van der Waals surface area contributed by atoms with Crippen molar-refractivity contribution in [2.24, 2.45) is 0 Å². The van der Waals surface area contributed by atoms with Crippen LogP contribution < -0.4 is 4.72 Å². The first-order valence-electron chi connectivity index (χ1n) is 5.59. The summed E-state index contributed by atoms with van der Waals surface area (Å²) in [5, 5.41) is -0.00674. The topological polar surface area (TPSA) is 46.2 Å². The van der Waals surface area contributed by atoms with Crippen LogP contribution in [0.3, 0.4) is 0 Å². The molecule has 1 N–H and O–H groups in total. The minimum atomic E-state index is -3.73. The molecular weight excluding hydrogens is 389 g/mol. The molecule has 0 aliphatic rings. The highest BCUT2D eigenvalue weighted by Gasteiger charge is 2.20. The first-order valence-corrected chi connectivity index (χ1v) is 9.06. The number of benzene rings is 1. The van der Waals surface area contributed by atoms with E-state index in [1.807, 2.05) is 6.92 Å². The lowest BCUT2D eigenvalue weighted by molar-refractivity contribution is 0.603. The Kier molecular flexibility index (Phi) is 4.73. The molecule has 2 rings (SSSR count). The van der Waals surface area contributed by atoms with Gasteiger partial charge in [0.15, 0.2) is 0 Å². The van der Waals surface area contributed by atoms with E-state index in [0.29, 0.717) is 0 Å². The molecule has 2 aromatic rings. The quantitative estimate of drug-likeness (QED) is 0.813. The number of aryl methyl sites for hydroxylation is 1. The van der Waals surface area contributed by atoms with Crippen LogP contribution in [0.15, 0.2) is 32.9 Å². The van der Waals surface area contributed by atoms with Gasteiger partial charge in [0.2, 0.25) is 0 Å². The maximum atomic E-state index is 13.1. The molecule has 0 aliphatic carbocycles. The number of hydrogen-bond donors (Lipinski definition) is 1. The molecule has 1 heterocycles. The molecule has 20 heavy (non-hydrogen) atoms. The highest BCUT2D eigenvalue weighted by molar-refractivity contribution is 9.10. The second-order valence-electron chi connectivity index (χ2n) is 3.92. The van der Waals surface area contributed by atoms with Crippen LogP contribution in [0.2, 0.25) is 5.02 Å². The highest BCUT2D eigenvalue weighted by Crippen LogP contribution is 2.34. The Labute approximate surface area is 134 Å². The number of sulfonamides is 1. The van der Waals surface area contributed by atoms with Crippen molar-refractivity contribution in [3.05, 3.63) is 44.5 Å². The number of hydrogen-bond acceptors (Lipinski definition) is 3. The van der Waals surface area contributed by atoms with Gasteiger partial charge in [-0.2, -0.15) is 0 Å². The molecule has 0 bridgehead atoms. The average Bonchev–Trinajstić information content (AvgIpc) is 2.83. The zero-order valence-electron chi connectivity index (χ0n) is 10.3. The van der Waals surface area contributed by atoms with Gasteiger partial charge in [-0.05, 0) is 46.6 Å². The third-order valence-corrected chi connectivity index (χ3v) is 6.49. The van der Waals surface area contributed by atoms with Gasteiger partial charge in [0.05, 0.1) is 10.7 Å². The molecule has 0 saturated heterocycles. The van der Waals surface area contributed by atoms with E-state index in [9.17, 15) is 12.8 Å². The van der Waals surface area contributed by atoms with Crippen molar-refractivity contribution in [1.82, 2.24) is 0 Å². The summed E-state index contributed by atoms with van der Waals surface area (Å²) in [4.78, 5) is 0.967. The van der Waals surface area contributed by atoms with Crippen molar-refractivity contribution in [1.29, 1.82) is 0 Å². The van der Waals surface area contributed by atoms with Crippen molar-refractivity contribution in [3.8, 4) is 0 Å². The molecular formula is C12H10BrClFNO2S2. The lowest BCUT2D eigenvalue weighted by Crippen LogP contribution is -2.12. The summed E-state index contributed by atoms with van der Waals surface area (Å²) < 4.78 is 40.4. The number of rotatable bonds is 4. The standard InChI is InChI=1S/C12H10BrClFNO2S2/c1-2-8-3-4-11(19-8)20(17,18)16-12-9(13)5-7(15)6-10(12)14/h3-6,16H,2H2,1H3. The molecule has 3 nitrogen and oxygen atoms in total. The van der Waals surface area contributed by atoms with Gasteiger partial charge in [0.25, 0.3) is 10.0 Å². The summed E-state index contributed by atoms with van der Waals surface area (Å²) in [5.74, 6) is -0.547. The molecule has 1 aromatic heterocycles. The van der Waals surface area contributed by atoms with Gasteiger partial charge in [-0.15, -0.1) is 11.3 Å². The van der Waals surface area contributed by atoms with Crippen LogP contribution in [-0.4, -0.2) is 8.42 Å². The van der Waals surface area contributed by atoms with Crippen LogP contribution in [-0.2, 0) is 16.4 Å². The number of anilines is 1. The Morgan fingerprint density at radius 1 is 1.40 bits per heavy atom. The Balaban J connectivity index is 2.38. The summed E-state index contributed by atoms with van der Waals surface area (Å²) in [5.41, 5.74) is 0.125. The maximum absolute atomic E-state index is 13.1. The normalized spacial score (nSPS) is 11.6. The second kappa shape index (κ2) is 6.01. The molecule has 108 valence electrons. The fraction of sp³-hybridized carbons (Fsp3) is 0.167. The molecule has 0 atom stereocenters. The van der Waals surface area contributed by atoms with Gasteiger partial charge in [0.1, 0.15) is 10.0 Å². The van der Waals surface area contributed by atoms with E-state index in [1.165, 1.54) is 17.4 Å². The Morgan fingerprint density at radius 3 is 2.65 bits per heavy atom. The highest BCUT2D eigenvalue weighted by atomic mass is 79.9. The zero-order chi connectivity index (χ0) is 14.9. The smallest absolute Gasteiger partial charge is 0.271 e. The molecule has 1 aromatic carbocycles. The first-order chi connectivity index (χ1) is 9.33. The summed E-state index contributed by atoms with van der Waals surface area (Å²) in [7, 11) is -3.73. The van der Waals surface area contributed by atoms with Crippen LogP contribution >= 0.6 is 38.9 Å². The van der Waals surface area contributed by atoms with Crippen LogP contribution in [0.1, 0.15) is 11.8 Å². The van der Waals surface area contributed by atoms with Crippen molar-refractivity contribution >= 4 is 54.6 Å². The van der Waals surface area contributed by atoms with Gasteiger partial charge in [0, 0.05) is 9.35 Å². The summed E-state index contributed by atoms with van der Waals surface area (Å²) in [6.07, 6.45) is 0.765. The average molecular weight is 399 g/mol. The molecule has 0 fully saturated rings. The Bertz CT molecular complexity index is 723. The predicted octanol–water partition coefficient (Wildman–Crippen LogP) is 4.67. The van der Waals surface area contributed by atoms with Gasteiger partial charge < -0.3 is 0 Å². The monoisotopic (exact) mass is 397 g/mol. The van der Waals surface area contributed by atoms with E-state index in [0.717, 1.165) is 23.4 Å². The number of thiophene rings is 1. The lowest BCUT2D eigenvalue weighted by Gasteiger charge is -2.10. The van der Waals surface area contributed by atoms with Gasteiger partial charge in [-0.1, -0.05) is 18.5 Å². The van der Waals surface area contributed by atoms with Crippen molar-refractivity contribution in [3.63, 3.8) is 0 Å². The third-order valence-electron chi connectivity index (χ3n) is 2.49. The van der Waals surface area contributed by atoms with Crippen LogP contribution in [0.4, 0.5) is 10.1 Å². The SMILES string of the molecule is CCc1ccc(S(=O)(=O)Nc2c(Cl)cc(F)cc2Br)s1. The third kappa shape index (κ3) is 3.33. The number of nitrogens with one attached hydrogen (secondary N) is 1. The van der Waals surface area contributed by atoms with Crippen LogP contribution in [0, 0.1) is 5.82 Å². The van der Waals surface area contributed by atoms with E-state index < -0.39 is 15.8 Å². The van der Waals surface area contributed by atoms with E-state index in [4.69, 9.17) is 11.6 Å². The van der Waals surface area contributed by atoms with E-state index in [-0.39, 0.29) is 19.4 Å². The molecule has 0 spiro atoms. The lowest BCUT2D eigenvalue weighted by atomic mass is 10.3. The Morgan fingerprint density at radius 2 is 2.10 bits per heavy atom. The van der Waals surface area contributed by atoms with Gasteiger partial charge in [-0.3, -0.25) is 4.72 Å². The predicted molar refractivity (Wildman–Crippen MR) is 83.6 cm³/mol. The summed E-state index contributed by atoms with van der Waals surface area (Å²) in [6, 6.07) is 5.50. The van der Waals surface area contributed by atoms with E-state index in [1.54, 1.807) is 6.07 Å². The van der Waals surface area contributed by atoms with Crippen molar-refractivity contribution < 1.29 is 12.8 Å². The maximum Gasteiger partial charge on any atom is 0.271 e. The summed E-state index contributed by atoms with van der Waals surface area (Å²) in [6.45, 7) is 1.95. The zero-order valence-corrected chi connectivity index (χ0v) is 14.3. The molecule has 0 amide bonds. The van der Waals surface area contributed by atoms with Crippen molar-refractivity contribution in [2.75, 3.05) is 4.72 Å². The largest absolute Gasteiger partial charge is 0.276 e. The first kappa shape index (κ1) is 15.8. The summed E-state index contributed by atoms with van der Waals surface area (Å²) >= 11 is 10.2. The molecule has 0 saturated carbocycles. The second-order valence-corrected chi connectivity index (χ2v) is 8.26. The van der Waals surface area contributed by atoms with Gasteiger partial charge in [-0.25, -0.2) is 12.8 Å². The van der Waals surface area contributed by atoms with Gasteiger partial charge >= 0.3 is 0 Å². The molecule has 0 aliphatic heterocycles. The van der Waals surface area contributed by atoms with E-state index >= 15 is 0 Å². The van der Waals surface area contributed by atoms with Crippen LogP contribution in [0.25, 0.3) is 0 Å². The fourth-order valence-corrected chi connectivity index (χ4v) is 5.00. The van der Waals surface area contributed by atoms with Crippen molar-refractivity contribution in [2.45, 2.75) is 17.6 Å². The number of halogens is 3. The van der Waals surface area contributed by atoms with E-state index in [2.05, 4.69) is 20.7 Å². The molecule has 0 unspecified atom stereocenters. The molecule has 0 radical (unpaired) electrons.